The highest BCUT2D eigenvalue weighted by molar-refractivity contribution is 7.80. The van der Waals surface area contributed by atoms with Crippen LogP contribution in [0.2, 0.25) is 0 Å². The third-order valence-electron chi connectivity index (χ3n) is 2.83. The lowest BCUT2D eigenvalue weighted by Crippen LogP contribution is -2.35. The maximum Gasteiger partial charge on any atom is 0.239 e. The monoisotopic (exact) mass is 279 g/mol. The van der Waals surface area contributed by atoms with Gasteiger partial charge in [0.1, 0.15) is 4.99 Å². The molecule has 0 bridgehead atoms. The van der Waals surface area contributed by atoms with E-state index in [2.05, 4.69) is 12.2 Å². The van der Waals surface area contributed by atoms with E-state index in [-0.39, 0.29) is 5.91 Å². The van der Waals surface area contributed by atoms with E-state index in [1.54, 1.807) is 0 Å². The number of carbonyl (C=O) groups excluding carboxylic acids is 1. The minimum atomic E-state index is 0.0365. The van der Waals surface area contributed by atoms with Crippen molar-refractivity contribution >= 4 is 28.8 Å². The molecule has 0 spiro atoms. The average Bonchev–Trinajstić information content (AvgIpc) is 2.39. The molecule has 0 aliphatic heterocycles. The number of nitrogens with one attached hydrogen (secondary N) is 1. The van der Waals surface area contributed by atoms with Crippen LogP contribution >= 0.6 is 12.2 Å². The van der Waals surface area contributed by atoms with Gasteiger partial charge in [-0.15, -0.1) is 0 Å². The topological polar surface area (TPSA) is 58.4 Å². The summed E-state index contributed by atoms with van der Waals surface area (Å²) in [5.74, 6) is 0.0365. The van der Waals surface area contributed by atoms with E-state index >= 15 is 0 Å². The maximum absolute atomic E-state index is 11.7. The average molecular weight is 279 g/mol. The SMILES string of the molecule is CCCCNC(=O)CN(C)c1ccc(C(N)=S)cc1. The molecule has 0 atom stereocenters. The zero-order valence-electron chi connectivity index (χ0n) is 11.5. The Morgan fingerprint density at radius 2 is 2.00 bits per heavy atom. The first-order valence-electron chi connectivity index (χ1n) is 6.42. The molecule has 0 radical (unpaired) electrons. The largest absolute Gasteiger partial charge is 0.389 e. The first kappa shape index (κ1) is 15.4. The number of likely N-dealkylation sites (N-methyl/N-ethyl adjacent to an activating group) is 1. The molecule has 0 saturated heterocycles. The van der Waals surface area contributed by atoms with Gasteiger partial charge in [-0.3, -0.25) is 4.79 Å². The van der Waals surface area contributed by atoms with E-state index in [4.69, 9.17) is 18.0 Å². The molecule has 104 valence electrons. The number of amides is 1. The predicted octanol–water partition coefficient (Wildman–Crippen LogP) is 1.67. The Morgan fingerprint density at radius 1 is 1.37 bits per heavy atom. The van der Waals surface area contributed by atoms with Crippen molar-refractivity contribution in [2.75, 3.05) is 25.0 Å². The third kappa shape index (κ3) is 5.26. The molecular formula is C14H21N3OS. The second kappa shape index (κ2) is 7.74. The summed E-state index contributed by atoms with van der Waals surface area (Å²) >= 11 is 4.90. The van der Waals surface area contributed by atoms with Gasteiger partial charge in [0.2, 0.25) is 5.91 Å². The molecule has 4 nitrogen and oxygen atoms in total. The number of benzene rings is 1. The van der Waals surface area contributed by atoms with E-state index in [1.807, 2.05) is 36.2 Å². The molecule has 1 rings (SSSR count). The van der Waals surface area contributed by atoms with Gasteiger partial charge in [-0.25, -0.2) is 0 Å². The fourth-order valence-electron chi connectivity index (χ4n) is 1.65. The van der Waals surface area contributed by atoms with Crippen molar-refractivity contribution < 1.29 is 4.79 Å². The van der Waals surface area contributed by atoms with E-state index in [0.717, 1.165) is 30.6 Å². The summed E-state index contributed by atoms with van der Waals surface area (Å²) in [5.41, 5.74) is 7.34. The standard InChI is InChI=1S/C14H21N3OS/c1-3-4-9-16-13(18)10-17(2)12-7-5-11(6-8-12)14(15)19/h5-8H,3-4,9-10H2,1-2H3,(H2,15,19)(H,16,18). The molecule has 1 aromatic rings. The second-order valence-electron chi connectivity index (χ2n) is 4.47. The van der Waals surface area contributed by atoms with Crippen LogP contribution in [0.1, 0.15) is 25.3 Å². The molecule has 19 heavy (non-hydrogen) atoms. The zero-order valence-corrected chi connectivity index (χ0v) is 12.3. The van der Waals surface area contributed by atoms with Crippen LogP contribution in [0.4, 0.5) is 5.69 Å². The van der Waals surface area contributed by atoms with Crippen LogP contribution in [-0.2, 0) is 4.79 Å². The first-order chi connectivity index (χ1) is 9.04. The fraction of sp³-hybridized carbons (Fsp3) is 0.429. The number of rotatable bonds is 7. The summed E-state index contributed by atoms with van der Waals surface area (Å²) in [6.07, 6.45) is 2.09. The molecule has 3 N–H and O–H groups in total. The number of thiocarbonyl (C=S) groups is 1. The van der Waals surface area contributed by atoms with Crippen LogP contribution in [-0.4, -0.2) is 31.0 Å². The van der Waals surface area contributed by atoms with Gasteiger partial charge in [0.15, 0.2) is 0 Å². The molecule has 0 unspecified atom stereocenters. The van der Waals surface area contributed by atoms with Crippen LogP contribution in [0.5, 0.6) is 0 Å². The van der Waals surface area contributed by atoms with Gasteiger partial charge in [0.05, 0.1) is 6.54 Å². The number of anilines is 1. The first-order valence-corrected chi connectivity index (χ1v) is 6.83. The molecule has 1 amide bonds. The van der Waals surface area contributed by atoms with Crippen LogP contribution < -0.4 is 16.0 Å². The normalized spacial score (nSPS) is 10.0. The summed E-state index contributed by atoms with van der Waals surface area (Å²) in [4.78, 5) is 14.0. The molecule has 5 heteroatoms. The Kier molecular flexibility index (Phi) is 6.29. The number of hydrogen-bond acceptors (Lipinski definition) is 3. The van der Waals surface area contributed by atoms with Gasteiger partial charge in [0, 0.05) is 24.8 Å². The predicted molar refractivity (Wildman–Crippen MR) is 83.5 cm³/mol. The summed E-state index contributed by atoms with van der Waals surface area (Å²) in [5, 5.41) is 2.89. The zero-order chi connectivity index (χ0) is 14.3. The second-order valence-corrected chi connectivity index (χ2v) is 4.91. The Labute approximate surface area is 120 Å². The molecule has 0 heterocycles. The molecular weight excluding hydrogens is 258 g/mol. The van der Waals surface area contributed by atoms with Gasteiger partial charge in [0.25, 0.3) is 0 Å². The van der Waals surface area contributed by atoms with Crippen LogP contribution in [0.3, 0.4) is 0 Å². The highest BCUT2D eigenvalue weighted by atomic mass is 32.1. The number of unbranched alkanes of at least 4 members (excludes halogenated alkanes) is 1. The van der Waals surface area contributed by atoms with Crippen LogP contribution in [0, 0.1) is 0 Å². The van der Waals surface area contributed by atoms with Crippen molar-refractivity contribution in [3.05, 3.63) is 29.8 Å². The van der Waals surface area contributed by atoms with Crippen molar-refractivity contribution in [3.63, 3.8) is 0 Å². The Balaban J connectivity index is 2.50. The quantitative estimate of drug-likeness (QED) is 0.589. The van der Waals surface area contributed by atoms with Crippen molar-refractivity contribution in [2.24, 2.45) is 5.73 Å². The fourth-order valence-corrected chi connectivity index (χ4v) is 1.78. The van der Waals surface area contributed by atoms with Crippen molar-refractivity contribution in [1.82, 2.24) is 5.32 Å². The smallest absolute Gasteiger partial charge is 0.239 e. The number of nitrogens with zero attached hydrogens (tertiary/aromatic N) is 1. The van der Waals surface area contributed by atoms with Crippen molar-refractivity contribution in [1.29, 1.82) is 0 Å². The van der Waals surface area contributed by atoms with Crippen LogP contribution in [0.25, 0.3) is 0 Å². The summed E-state index contributed by atoms with van der Waals surface area (Å²) < 4.78 is 0. The molecule has 0 saturated carbocycles. The lowest BCUT2D eigenvalue weighted by Gasteiger charge is -2.19. The molecule has 0 aliphatic carbocycles. The molecule has 0 aromatic heterocycles. The maximum atomic E-state index is 11.7. The highest BCUT2D eigenvalue weighted by Crippen LogP contribution is 2.13. The summed E-state index contributed by atoms with van der Waals surface area (Å²) in [7, 11) is 1.88. The van der Waals surface area contributed by atoms with Gasteiger partial charge in [-0.1, -0.05) is 25.6 Å². The Hall–Kier alpha value is -1.62. The number of carbonyl (C=O) groups is 1. The summed E-state index contributed by atoms with van der Waals surface area (Å²) in [6.45, 7) is 3.18. The van der Waals surface area contributed by atoms with E-state index < -0.39 is 0 Å². The minimum Gasteiger partial charge on any atom is -0.389 e. The van der Waals surface area contributed by atoms with E-state index in [0.29, 0.717) is 11.5 Å². The lowest BCUT2D eigenvalue weighted by atomic mass is 10.2. The van der Waals surface area contributed by atoms with Gasteiger partial charge >= 0.3 is 0 Å². The Bertz CT molecular complexity index is 431. The van der Waals surface area contributed by atoms with E-state index in [1.165, 1.54) is 0 Å². The lowest BCUT2D eigenvalue weighted by molar-refractivity contribution is -0.119. The third-order valence-corrected chi connectivity index (χ3v) is 3.06. The van der Waals surface area contributed by atoms with E-state index in [9.17, 15) is 4.79 Å². The minimum absolute atomic E-state index is 0.0365. The number of hydrogen-bond donors (Lipinski definition) is 2. The highest BCUT2D eigenvalue weighted by Gasteiger charge is 2.07. The van der Waals surface area contributed by atoms with Gasteiger partial charge < -0.3 is 16.0 Å². The van der Waals surface area contributed by atoms with Crippen molar-refractivity contribution in [2.45, 2.75) is 19.8 Å². The molecule has 0 aliphatic rings. The summed E-state index contributed by atoms with van der Waals surface area (Å²) in [6, 6.07) is 7.55. The molecule has 0 fully saturated rings. The van der Waals surface area contributed by atoms with Crippen molar-refractivity contribution in [3.8, 4) is 0 Å². The number of nitrogens with two attached hydrogens (primary N) is 1. The van der Waals surface area contributed by atoms with Gasteiger partial charge in [-0.2, -0.15) is 0 Å². The molecule has 1 aromatic carbocycles. The van der Waals surface area contributed by atoms with Crippen LogP contribution in [0.15, 0.2) is 24.3 Å². The van der Waals surface area contributed by atoms with Gasteiger partial charge in [-0.05, 0) is 30.7 Å². The Morgan fingerprint density at radius 3 is 2.53 bits per heavy atom.